The fraction of sp³-hybridized carbons (Fsp3) is 0.517. The van der Waals surface area contributed by atoms with E-state index in [1.807, 2.05) is 4.90 Å². The number of ketones is 1. The van der Waals surface area contributed by atoms with Crippen molar-refractivity contribution in [3.8, 4) is 0 Å². The number of nitrogens with zero attached hydrogens (tertiary/aromatic N) is 2. The van der Waals surface area contributed by atoms with Gasteiger partial charge in [-0.05, 0) is 42.7 Å². The number of rotatable bonds is 5. The van der Waals surface area contributed by atoms with E-state index in [1.165, 1.54) is 17.0 Å². The van der Waals surface area contributed by atoms with Crippen LogP contribution in [0.5, 0.6) is 0 Å². The number of ether oxygens (including phenoxy) is 1. The van der Waals surface area contributed by atoms with E-state index in [-0.39, 0.29) is 49.3 Å². The number of piperidine rings is 2. The molecule has 0 bridgehead atoms. The van der Waals surface area contributed by atoms with Crippen molar-refractivity contribution >= 4 is 11.7 Å². The van der Waals surface area contributed by atoms with E-state index in [1.54, 1.807) is 6.92 Å². The number of halogens is 7. The predicted molar refractivity (Wildman–Crippen MR) is 133 cm³/mol. The number of alkyl halides is 6. The van der Waals surface area contributed by atoms with Crippen LogP contribution in [0.15, 0.2) is 42.5 Å². The van der Waals surface area contributed by atoms with Crippen LogP contribution in [-0.4, -0.2) is 59.8 Å². The van der Waals surface area contributed by atoms with E-state index < -0.39 is 52.4 Å². The van der Waals surface area contributed by atoms with Gasteiger partial charge >= 0.3 is 12.4 Å². The highest BCUT2D eigenvalue weighted by atomic mass is 19.4. The summed E-state index contributed by atoms with van der Waals surface area (Å²) < 4.78 is 106. The third-order valence-corrected chi connectivity index (χ3v) is 8.61. The lowest BCUT2D eigenvalue weighted by molar-refractivity contribution is -0.163. The first kappa shape index (κ1) is 29.5. The zero-order valence-electron chi connectivity index (χ0n) is 22.2. The molecule has 0 spiro atoms. The molecule has 2 aromatic carbocycles. The van der Waals surface area contributed by atoms with Crippen LogP contribution in [0.3, 0.4) is 0 Å². The quantitative estimate of drug-likeness (QED) is 0.409. The summed E-state index contributed by atoms with van der Waals surface area (Å²) in [6, 6.07) is 6.09. The van der Waals surface area contributed by atoms with Crippen LogP contribution in [0.25, 0.3) is 0 Å². The minimum Gasteiger partial charge on any atom is -0.368 e. The van der Waals surface area contributed by atoms with Gasteiger partial charge in [0.15, 0.2) is 0 Å². The zero-order valence-corrected chi connectivity index (χ0v) is 22.2. The molecule has 0 radical (unpaired) electrons. The predicted octanol–water partition coefficient (Wildman–Crippen LogP) is 5.92. The van der Waals surface area contributed by atoms with Crippen LogP contribution in [0.1, 0.15) is 60.8 Å². The molecule has 5 rings (SSSR count). The Morgan fingerprint density at radius 2 is 1.61 bits per heavy atom. The maximum absolute atomic E-state index is 14.5. The van der Waals surface area contributed by atoms with Crippen LogP contribution >= 0.6 is 0 Å². The lowest BCUT2D eigenvalue weighted by atomic mass is 9.72. The zero-order chi connectivity index (χ0) is 29.7. The molecule has 3 aliphatic rings. The van der Waals surface area contributed by atoms with Crippen molar-refractivity contribution in [2.45, 2.75) is 68.6 Å². The number of carbonyl (C=O) groups is 2. The molecule has 0 aliphatic carbocycles. The fourth-order valence-corrected chi connectivity index (χ4v) is 6.94. The highest BCUT2D eigenvalue weighted by Crippen LogP contribution is 2.56. The Labute approximate surface area is 232 Å². The lowest BCUT2D eigenvalue weighted by Crippen LogP contribution is -2.57. The van der Waals surface area contributed by atoms with E-state index in [4.69, 9.17) is 4.74 Å². The first-order chi connectivity index (χ1) is 19.3. The summed E-state index contributed by atoms with van der Waals surface area (Å²) in [7, 11) is 0. The van der Waals surface area contributed by atoms with Crippen LogP contribution in [0.2, 0.25) is 0 Å². The summed E-state index contributed by atoms with van der Waals surface area (Å²) in [6.45, 7) is 2.13. The summed E-state index contributed by atoms with van der Waals surface area (Å²) in [4.78, 5) is 28.8. The summed E-state index contributed by atoms with van der Waals surface area (Å²) >= 11 is 0. The number of amides is 1. The van der Waals surface area contributed by atoms with Gasteiger partial charge in [-0.15, -0.1) is 0 Å². The number of benzene rings is 2. The first-order valence-corrected chi connectivity index (χ1v) is 13.5. The second-order valence-electron chi connectivity index (χ2n) is 10.8. The Kier molecular flexibility index (Phi) is 7.69. The summed E-state index contributed by atoms with van der Waals surface area (Å²) in [5.41, 5.74) is -5.70. The number of Topliss-reactive ketones (excluding diaryl/α,β-unsaturated/α-hetero) is 1. The van der Waals surface area contributed by atoms with Crippen LogP contribution in [0.4, 0.5) is 30.7 Å². The van der Waals surface area contributed by atoms with Gasteiger partial charge in [-0.25, -0.2) is 4.39 Å². The molecule has 4 atom stereocenters. The van der Waals surface area contributed by atoms with Gasteiger partial charge in [-0.3, -0.25) is 14.5 Å². The molecule has 5 nitrogen and oxygen atoms in total. The van der Waals surface area contributed by atoms with E-state index >= 15 is 0 Å². The average molecular weight is 587 g/mol. The van der Waals surface area contributed by atoms with Crippen molar-refractivity contribution in [3.63, 3.8) is 0 Å². The molecule has 3 heterocycles. The summed E-state index contributed by atoms with van der Waals surface area (Å²) in [6.07, 6.45) is -9.71. The summed E-state index contributed by atoms with van der Waals surface area (Å²) in [5.74, 6) is -2.22. The molecule has 222 valence electrons. The molecule has 2 aromatic rings. The SMILES string of the molecule is CCOC1(c2ccc(F)cc2)C(c2cccc(C(F)(F)F)c2C(F)(F)F)CN2C(=O)CC(N3CCC(=O)CC3)CC21. The maximum atomic E-state index is 14.5. The number of likely N-dealkylation sites (tertiary alicyclic amines) is 1. The minimum absolute atomic E-state index is 0.0321. The smallest absolute Gasteiger partial charge is 0.368 e. The van der Waals surface area contributed by atoms with Crippen LogP contribution in [0, 0.1) is 5.82 Å². The Morgan fingerprint density at radius 1 is 0.951 bits per heavy atom. The van der Waals surface area contributed by atoms with Crippen molar-refractivity contribution in [3.05, 3.63) is 70.5 Å². The van der Waals surface area contributed by atoms with Gasteiger partial charge in [0.2, 0.25) is 5.91 Å². The molecule has 1 amide bonds. The van der Waals surface area contributed by atoms with Gasteiger partial charge in [0.25, 0.3) is 0 Å². The van der Waals surface area contributed by atoms with Gasteiger partial charge in [0.1, 0.15) is 17.2 Å². The largest absolute Gasteiger partial charge is 0.417 e. The molecule has 3 saturated heterocycles. The van der Waals surface area contributed by atoms with E-state index in [2.05, 4.69) is 0 Å². The molecule has 3 aliphatic heterocycles. The van der Waals surface area contributed by atoms with Gasteiger partial charge in [0, 0.05) is 57.5 Å². The van der Waals surface area contributed by atoms with Crippen LogP contribution in [-0.2, 0) is 32.3 Å². The van der Waals surface area contributed by atoms with Crippen molar-refractivity contribution in [2.75, 3.05) is 26.2 Å². The third kappa shape index (κ3) is 5.24. The molecule has 4 unspecified atom stereocenters. The lowest BCUT2D eigenvalue weighted by Gasteiger charge is -2.47. The normalized spacial score (nSPS) is 27.8. The van der Waals surface area contributed by atoms with E-state index in [0.717, 1.165) is 24.3 Å². The molecule has 0 N–H and O–H groups in total. The topological polar surface area (TPSA) is 49.9 Å². The number of fused-ring (bicyclic) bond motifs is 1. The Balaban J connectivity index is 1.71. The number of hydrogen-bond acceptors (Lipinski definition) is 4. The van der Waals surface area contributed by atoms with Crippen molar-refractivity contribution < 1.29 is 45.1 Å². The van der Waals surface area contributed by atoms with Gasteiger partial charge in [-0.2, -0.15) is 26.3 Å². The van der Waals surface area contributed by atoms with Crippen LogP contribution < -0.4 is 0 Å². The molecule has 41 heavy (non-hydrogen) atoms. The maximum Gasteiger partial charge on any atom is 0.417 e. The fourth-order valence-electron chi connectivity index (χ4n) is 6.94. The Morgan fingerprint density at radius 3 is 2.20 bits per heavy atom. The van der Waals surface area contributed by atoms with Crippen molar-refractivity contribution in [2.24, 2.45) is 0 Å². The molecular formula is C29H29F7N2O3. The van der Waals surface area contributed by atoms with Gasteiger partial charge in [-0.1, -0.05) is 24.3 Å². The van der Waals surface area contributed by atoms with Gasteiger partial charge in [0.05, 0.1) is 17.2 Å². The van der Waals surface area contributed by atoms with E-state index in [9.17, 15) is 40.3 Å². The third-order valence-electron chi connectivity index (χ3n) is 8.61. The Bertz CT molecular complexity index is 1300. The van der Waals surface area contributed by atoms with Crippen molar-refractivity contribution in [1.29, 1.82) is 0 Å². The second kappa shape index (κ2) is 10.7. The number of carbonyl (C=O) groups excluding carboxylic acids is 2. The number of hydrogen-bond donors (Lipinski definition) is 0. The minimum atomic E-state index is -5.36. The molecular weight excluding hydrogens is 557 g/mol. The highest BCUT2D eigenvalue weighted by Gasteiger charge is 2.62. The first-order valence-electron chi connectivity index (χ1n) is 13.5. The highest BCUT2D eigenvalue weighted by molar-refractivity contribution is 5.80. The monoisotopic (exact) mass is 586 g/mol. The van der Waals surface area contributed by atoms with E-state index in [0.29, 0.717) is 32.0 Å². The average Bonchev–Trinajstić information content (AvgIpc) is 3.23. The van der Waals surface area contributed by atoms with Crippen molar-refractivity contribution in [1.82, 2.24) is 9.80 Å². The van der Waals surface area contributed by atoms with Gasteiger partial charge < -0.3 is 9.64 Å². The summed E-state index contributed by atoms with van der Waals surface area (Å²) in [5, 5.41) is 0. The second-order valence-corrected chi connectivity index (χ2v) is 10.8. The molecule has 0 aromatic heterocycles. The standard InChI is InChI=1S/C29H29F7N2O3/c1-2-41-27(17-6-8-18(30)9-7-17)23(21-4-3-5-22(28(31,32)33)26(21)29(34,35)36)16-38-24(27)14-19(15-25(38)40)37-12-10-20(39)11-13-37/h3-9,19,23-24H,2,10-16H2,1H3. The Hall–Kier alpha value is -2.99. The molecule has 3 fully saturated rings. The molecule has 12 heteroatoms. The molecule has 0 saturated carbocycles.